The minimum Gasteiger partial charge on any atom is -0.435 e. The van der Waals surface area contributed by atoms with E-state index in [4.69, 9.17) is 0 Å². The van der Waals surface area contributed by atoms with Crippen LogP contribution in [-0.2, 0) is 6.54 Å². The number of carbonyl (C=O) groups excluding carboxylic acids is 1. The molecule has 6 nitrogen and oxygen atoms in total. The molecule has 0 aliphatic carbocycles. The number of ether oxygens (including phenoxy) is 1. The summed E-state index contributed by atoms with van der Waals surface area (Å²) in [6.45, 7) is -0.735. The third-order valence-electron chi connectivity index (χ3n) is 3.25. The topological polar surface area (TPSA) is 76.1 Å². The first-order chi connectivity index (χ1) is 11.6. The van der Waals surface area contributed by atoms with Gasteiger partial charge >= 0.3 is 12.6 Å². The van der Waals surface area contributed by atoms with Crippen molar-refractivity contribution in [3.63, 3.8) is 0 Å². The smallest absolute Gasteiger partial charge is 0.387 e. The molecule has 1 aromatic heterocycles. The fourth-order valence-electron chi connectivity index (χ4n) is 2.09. The second kappa shape index (κ2) is 8.76. The molecule has 0 aliphatic rings. The SMILES string of the molecule is CCC(NC(=O)NCc1ncccn1)c1ccc(OC(F)F)cc1. The van der Waals surface area contributed by atoms with Crippen molar-refractivity contribution in [1.82, 2.24) is 20.6 Å². The zero-order valence-electron chi connectivity index (χ0n) is 13.1. The summed E-state index contributed by atoms with van der Waals surface area (Å²) in [6.07, 6.45) is 3.84. The molecule has 24 heavy (non-hydrogen) atoms. The van der Waals surface area contributed by atoms with E-state index in [1.165, 1.54) is 12.1 Å². The van der Waals surface area contributed by atoms with Crippen LogP contribution in [0.25, 0.3) is 0 Å². The molecule has 1 aromatic carbocycles. The fraction of sp³-hybridized carbons (Fsp3) is 0.312. The Morgan fingerprint density at radius 1 is 1.21 bits per heavy atom. The van der Waals surface area contributed by atoms with Crippen LogP contribution in [0.3, 0.4) is 0 Å². The number of carbonyl (C=O) groups is 1. The Bertz CT molecular complexity index is 638. The van der Waals surface area contributed by atoms with E-state index < -0.39 is 6.61 Å². The summed E-state index contributed by atoms with van der Waals surface area (Å²) in [5.74, 6) is 0.587. The molecule has 1 unspecified atom stereocenters. The highest BCUT2D eigenvalue weighted by molar-refractivity contribution is 5.74. The van der Waals surface area contributed by atoms with Crippen LogP contribution in [0.4, 0.5) is 13.6 Å². The van der Waals surface area contributed by atoms with Crippen molar-refractivity contribution in [2.45, 2.75) is 32.5 Å². The molecule has 0 bridgehead atoms. The highest BCUT2D eigenvalue weighted by Gasteiger charge is 2.13. The van der Waals surface area contributed by atoms with Gasteiger partial charge in [-0.2, -0.15) is 8.78 Å². The molecule has 1 heterocycles. The normalized spacial score (nSPS) is 11.8. The molecule has 2 aromatic rings. The van der Waals surface area contributed by atoms with Crippen LogP contribution >= 0.6 is 0 Å². The lowest BCUT2D eigenvalue weighted by Gasteiger charge is -2.18. The van der Waals surface area contributed by atoms with Crippen molar-refractivity contribution in [2.24, 2.45) is 0 Å². The quantitative estimate of drug-likeness (QED) is 0.815. The minimum absolute atomic E-state index is 0.0780. The van der Waals surface area contributed by atoms with Crippen molar-refractivity contribution in [3.05, 3.63) is 54.1 Å². The average molecular weight is 336 g/mol. The maximum absolute atomic E-state index is 12.1. The number of amides is 2. The van der Waals surface area contributed by atoms with E-state index in [0.717, 1.165) is 5.56 Å². The van der Waals surface area contributed by atoms with E-state index in [2.05, 4.69) is 25.3 Å². The zero-order chi connectivity index (χ0) is 17.4. The van der Waals surface area contributed by atoms with Crippen LogP contribution in [0.5, 0.6) is 5.75 Å². The predicted molar refractivity (Wildman–Crippen MR) is 83.5 cm³/mol. The molecule has 2 amide bonds. The zero-order valence-corrected chi connectivity index (χ0v) is 13.1. The van der Waals surface area contributed by atoms with Gasteiger partial charge in [-0.05, 0) is 30.2 Å². The van der Waals surface area contributed by atoms with Crippen LogP contribution in [0.15, 0.2) is 42.7 Å². The maximum atomic E-state index is 12.1. The van der Waals surface area contributed by atoms with E-state index in [9.17, 15) is 13.6 Å². The fourth-order valence-corrected chi connectivity index (χ4v) is 2.09. The van der Waals surface area contributed by atoms with E-state index in [1.54, 1.807) is 30.6 Å². The predicted octanol–water partition coefficient (Wildman–Crippen LogP) is 3.03. The molecule has 0 saturated carbocycles. The van der Waals surface area contributed by atoms with Gasteiger partial charge in [0.05, 0.1) is 12.6 Å². The number of aromatic nitrogens is 2. The van der Waals surface area contributed by atoms with Crippen LogP contribution < -0.4 is 15.4 Å². The van der Waals surface area contributed by atoms with Gasteiger partial charge in [-0.15, -0.1) is 0 Å². The molecular formula is C16H18F2N4O2. The van der Waals surface area contributed by atoms with Crippen molar-refractivity contribution in [3.8, 4) is 5.75 Å². The Morgan fingerprint density at radius 3 is 2.46 bits per heavy atom. The number of nitrogens with zero attached hydrogens (tertiary/aromatic N) is 2. The van der Waals surface area contributed by atoms with Gasteiger partial charge in [0.25, 0.3) is 0 Å². The minimum atomic E-state index is -2.86. The van der Waals surface area contributed by atoms with Gasteiger partial charge < -0.3 is 15.4 Å². The molecule has 0 aliphatic heterocycles. The summed E-state index contributed by atoms with van der Waals surface area (Å²) < 4.78 is 28.6. The number of alkyl halides is 2. The molecular weight excluding hydrogens is 318 g/mol. The van der Waals surface area contributed by atoms with Gasteiger partial charge in [0, 0.05) is 12.4 Å². The number of hydrogen-bond acceptors (Lipinski definition) is 4. The van der Waals surface area contributed by atoms with E-state index >= 15 is 0 Å². The number of nitrogens with one attached hydrogen (secondary N) is 2. The Kier molecular flexibility index (Phi) is 6.41. The monoisotopic (exact) mass is 336 g/mol. The number of rotatable bonds is 7. The lowest BCUT2D eigenvalue weighted by Crippen LogP contribution is -2.37. The molecule has 0 radical (unpaired) electrons. The summed E-state index contributed by atoms with van der Waals surface area (Å²) in [6, 6.07) is 7.27. The highest BCUT2D eigenvalue weighted by Crippen LogP contribution is 2.21. The summed E-state index contributed by atoms with van der Waals surface area (Å²) >= 11 is 0. The van der Waals surface area contributed by atoms with Gasteiger partial charge in [0.15, 0.2) is 0 Å². The summed E-state index contributed by atoms with van der Waals surface area (Å²) in [5, 5.41) is 5.49. The van der Waals surface area contributed by atoms with Crippen LogP contribution in [0, 0.1) is 0 Å². The van der Waals surface area contributed by atoms with E-state index in [-0.39, 0.29) is 24.4 Å². The Labute approximate surface area is 138 Å². The summed E-state index contributed by atoms with van der Waals surface area (Å²) in [5.41, 5.74) is 0.797. The van der Waals surface area contributed by atoms with Crippen molar-refractivity contribution in [2.75, 3.05) is 0 Å². The Balaban J connectivity index is 1.89. The van der Waals surface area contributed by atoms with Gasteiger partial charge in [-0.3, -0.25) is 0 Å². The second-order valence-corrected chi connectivity index (χ2v) is 4.90. The van der Waals surface area contributed by atoms with Crippen LogP contribution in [-0.4, -0.2) is 22.6 Å². The number of urea groups is 1. The first kappa shape index (κ1) is 17.6. The highest BCUT2D eigenvalue weighted by atomic mass is 19.3. The van der Waals surface area contributed by atoms with Gasteiger partial charge in [0.2, 0.25) is 0 Å². The Hall–Kier alpha value is -2.77. The van der Waals surface area contributed by atoms with Crippen molar-refractivity contribution >= 4 is 6.03 Å². The second-order valence-electron chi connectivity index (χ2n) is 4.90. The molecule has 128 valence electrons. The number of benzene rings is 1. The third kappa shape index (κ3) is 5.45. The van der Waals surface area contributed by atoms with Crippen molar-refractivity contribution < 1.29 is 18.3 Å². The molecule has 1 atom stereocenters. The number of halogens is 2. The van der Waals surface area contributed by atoms with Crippen LogP contribution in [0.2, 0.25) is 0 Å². The Morgan fingerprint density at radius 2 is 1.88 bits per heavy atom. The van der Waals surface area contributed by atoms with Gasteiger partial charge in [0.1, 0.15) is 11.6 Å². The van der Waals surface area contributed by atoms with Gasteiger partial charge in [-0.1, -0.05) is 19.1 Å². The number of hydrogen-bond donors (Lipinski definition) is 2. The van der Waals surface area contributed by atoms with Crippen molar-refractivity contribution in [1.29, 1.82) is 0 Å². The largest absolute Gasteiger partial charge is 0.435 e. The summed E-state index contributed by atoms with van der Waals surface area (Å²) in [7, 11) is 0. The maximum Gasteiger partial charge on any atom is 0.387 e. The first-order valence-electron chi connectivity index (χ1n) is 7.43. The van der Waals surface area contributed by atoms with Crippen LogP contribution in [0.1, 0.15) is 30.8 Å². The standard InChI is InChI=1S/C16H18F2N4O2/c1-2-13(11-4-6-12(7-5-11)24-15(17)18)22-16(23)21-10-14-19-8-3-9-20-14/h3-9,13,15H,2,10H2,1H3,(H2,21,22,23). The lowest BCUT2D eigenvalue weighted by molar-refractivity contribution is -0.0498. The van der Waals surface area contributed by atoms with Gasteiger partial charge in [-0.25, -0.2) is 14.8 Å². The molecule has 2 rings (SSSR count). The molecule has 0 spiro atoms. The van der Waals surface area contributed by atoms with E-state index in [0.29, 0.717) is 12.2 Å². The lowest BCUT2D eigenvalue weighted by atomic mass is 10.0. The summed E-state index contributed by atoms with van der Waals surface area (Å²) in [4.78, 5) is 20.0. The molecule has 0 fully saturated rings. The molecule has 2 N–H and O–H groups in total. The molecule has 0 saturated heterocycles. The first-order valence-corrected chi connectivity index (χ1v) is 7.43. The molecule has 8 heteroatoms. The third-order valence-corrected chi connectivity index (χ3v) is 3.25. The average Bonchev–Trinajstić information content (AvgIpc) is 2.59. The van der Waals surface area contributed by atoms with E-state index in [1.807, 2.05) is 6.92 Å².